The number of hydrogen-bond acceptors (Lipinski definition) is 3. The van der Waals surface area contributed by atoms with E-state index >= 15 is 0 Å². The Balaban J connectivity index is 2.63. The zero-order chi connectivity index (χ0) is 7.78. The maximum atomic E-state index is 10.4. The van der Waals surface area contributed by atoms with Gasteiger partial charge in [0.1, 0.15) is 0 Å². The van der Waals surface area contributed by atoms with Crippen LogP contribution in [0.25, 0.3) is 0 Å². The number of carboxylic acid groups (broad SMARTS) is 1. The van der Waals surface area contributed by atoms with Crippen LogP contribution in [0.1, 0.15) is 19.3 Å². The smallest absolute Gasteiger partial charge is 0.335 e. The fourth-order valence-electron chi connectivity index (χ4n) is 1.26. The van der Waals surface area contributed by atoms with Gasteiger partial charge in [0.25, 0.3) is 0 Å². The van der Waals surface area contributed by atoms with Crippen molar-refractivity contribution in [1.29, 1.82) is 0 Å². The molecule has 2 atom stereocenters. The van der Waals surface area contributed by atoms with Gasteiger partial charge in [-0.05, 0) is 12.8 Å². The topological polar surface area (TPSA) is 83.5 Å². The Kier molecular flexibility index (Phi) is 1.66. The van der Waals surface area contributed by atoms with Crippen molar-refractivity contribution in [2.45, 2.75) is 30.9 Å². The summed E-state index contributed by atoms with van der Waals surface area (Å²) in [4.78, 5) is 10.4. The van der Waals surface area contributed by atoms with Crippen molar-refractivity contribution in [3.8, 4) is 0 Å². The maximum absolute atomic E-state index is 10.4. The molecule has 0 bridgehead atoms. The second-order valence-corrected chi connectivity index (χ2v) is 2.84. The largest absolute Gasteiger partial charge is 0.479 e. The third-order valence-electron chi connectivity index (χ3n) is 1.93. The van der Waals surface area contributed by atoms with Crippen molar-refractivity contribution >= 4 is 5.97 Å². The molecular weight excluding hydrogens is 134 g/mol. The van der Waals surface area contributed by atoms with Crippen molar-refractivity contribution < 1.29 is 15.0 Å². The first-order chi connectivity index (χ1) is 4.54. The minimum atomic E-state index is -1.54. The molecule has 0 aliphatic heterocycles. The molecule has 10 heavy (non-hydrogen) atoms. The first kappa shape index (κ1) is 7.50. The second-order valence-electron chi connectivity index (χ2n) is 2.84. The summed E-state index contributed by atoms with van der Waals surface area (Å²) in [5.41, 5.74) is 3.88. The summed E-state index contributed by atoms with van der Waals surface area (Å²) in [6.45, 7) is 0. The summed E-state index contributed by atoms with van der Waals surface area (Å²) in [7, 11) is 0. The van der Waals surface area contributed by atoms with Gasteiger partial charge in [-0.3, -0.25) is 0 Å². The molecule has 1 saturated carbocycles. The number of carboxylic acids is 1. The first-order valence-electron chi connectivity index (χ1n) is 3.26. The quantitative estimate of drug-likeness (QED) is 0.456. The van der Waals surface area contributed by atoms with E-state index in [1.807, 2.05) is 0 Å². The summed E-state index contributed by atoms with van der Waals surface area (Å²) >= 11 is 0. The SMILES string of the molecule is N[C@H]1CC[C@@](O)(C(=O)O)C1. The molecule has 0 aromatic rings. The Bertz CT molecular complexity index is 159. The fraction of sp³-hybridized carbons (Fsp3) is 0.833. The van der Waals surface area contributed by atoms with E-state index in [9.17, 15) is 9.90 Å². The highest BCUT2D eigenvalue weighted by molar-refractivity contribution is 5.77. The van der Waals surface area contributed by atoms with Crippen molar-refractivity contribution in [3.63, 3.8) is 0 Å². The van der Waals surface area contributed by atoms with Gasteiger partial charge in [0.05, 0.1) is 0 Å². The van der Waals surface area contributed by atoms with E-state index in [2.05, 4.69) is 0 Å². The molecule has 0 amide bonds. The van der Waals surface area contributed by atoms with Crippen LogP contribution >= 0.6 is 0 Å². The van der Waals surface area contributed by atoms with Crippen LogP contribution in [0.2, 0.25) is 0 Å². The summed E-state index contributed by atoms with van der Waals surface area (Å²) in [6, 6.07) is -0.152. The zero-order valence-corrected chi connectivity index (χ0v) is 5.58. The Morgan fingerprint density at radius 1 is 1.70 bits per heavy atom. The van der Waals surface area contributed by atoms with Crippen LogP contribution in [0.4, 0.5) is 0 Å². The molecule has 0 aromatic heterocycles. The van der Waals surface area contributed by atoms with Gasteiger partial charge in [0.2, 0.25) is 0 Å². The minimum Gasteiger partial charge on any atom is -0.479 e. The van der Waals surface area contributed by atoms with Crippen LogP contribution in [0.5, 0.6) is 0 Å². The standard InChI is InChI=1S/C6H11NO3/c7-4-1-2-6(10,3-4)5(8)9/h4,10H,1-3,7H2,(H,8,9)/t4-,6-/m0/s1. The average Bonchev–Trinajstić information content (AvgIpc) is 2.13. The number of carbonyl (C=O) groups is 1. The number of hydrogen-bond donors (Lipinski definition) is 3. The maximum Gasteiger partial charge on any atom is 0.335 e. The zero-order valence-electron chi connectivity index (χ0n) is 5.58. The highest BCUT2D eigenvalue weighted by atomic mass is 16.4. The van der Waals surface area contributed by atoms with Gasteiger partial charge in [-0.25, -0.2) is 4.79 Å². The molecule has 58 valence electrons. The highest BCUT2D eigenvalue weighted by Gasteiger charge is 2.42. The molecule has 1 aliphatic rings. The Hall–Kier alpha value is -0.610. The van der Waals surface area contributed by atoms with E-state index in [0.29, 0.717) is 6.42 Å². The van der Waals surface area contributed by atoms with E-state index in [4.69, 9.17) is 10.8 Å². The van der Waals surface area contributed by atoms with Crippen molar-refractivity contribution in [3.05, 3.63) is 0 Å². The lowest BCUT2D eigenvalue weighted by Gasteiger charge is -2.15. The van der Waals surface area contributed by atoms with Crippen LogP contribution in [0, 0.1) is 0 Å². The lowest BCUT2D eigenvalue weighted by molar-refractivity contribution is -0.157. The second kappa shape index (κ2) is 2.21. The van der Waals surface area contributed by atoms with Gasteiger partial charge in [-0.15, -0.1) is 0 Å². The van der Waals surface area contributed by atoms with Gasteiger partial charge < -0.3 is 15.9 Å². The minimum absolute atomic E-state index is 0.152. The van der Waals surface area contributed by atoms with E-state index in [-0.39, 0.29) is 18.9 Å². The van der Waals surface area contributed by atoms with Gasteiger partial charge in [0.15, 0.2) is 5.60 Å². The van der Waals surface area contributed by atoms with Crippen LogP contribution in [0.15, 0.2) is 0 Å². The van der Waals surface area contributed by atoms with Gasteiger partial charge in [0, 0.05) is 12.5 Å². The third kappa shape index (κ3) is 1.12. The molecule has 4 heteroatoms. The van der Waals surface area contributed by atoms with Crippen LogP contribution in [0.3, 0.4) is 0 Å². The molecule has 4 nitrogen and oxygen atoms in total. The number of aliphatic carboxylic acids is 1. The molecule has 0 saturated heterocycles. The van der Waals surface area contributed by atoms with Crippen molar-refractivity contribution in [2.24, 2.45) is 5.73 Å². The first-order valence-corrected chi connectivity index (χ1v) is 3.26. The van der Waals surface area contributed by atoms with E-state index in [0.717, 1.165) is 0 Å². The van der Waals surface area contributed by atoms with Gasteiger partial charge in [-0.1, -0.05) is 0 Å². The third-order valence-corrected chi connectivity index (χ3v) is 1.93. The van der Waals surface area contributed by atoms with Crippen LogP contribution in [-0.4, -0.2) is 27.8 Å². The molecule has 0 aromatic carbocycles. The average molecular weight is 145 g/mol. The Labute approximate surface area is 58.6 Å². The van der Waals surface area contributed by atoms with Crippen molar-refractivity contribution in [1.82, 2.24) is 0 Å². The normalized spacial score (nSPS) is 40.0. The molecular formula is C6H11NO3. The molecule has 1 rings (SSSR count). The number of rotatable bonds is 1. The van der Waals surface area contributed by atoms with E-state index in [1.54, 1.807) is 0 Å². The number of aliphatic hydroxyl groups is 1. The molecule has 1 fully saturated rings. The summed E-state index contributed by atoms with van der Waals surface area (Å²) in [5, 5.41) is 17.7. The summed E-state index contributed by atoms with van der Waals surface area (Å²) in [5.74, 6) is -1.15. The highest BCUT2D eigenvalue weighted by Crippen LogP contribution is 2.28. The predicted molar refractivity (Wildman–Crippen MR) is 34.4 cm³/mol. The van der Waals surface area contributed by atoms with E-state index < -0.39 is 11.6 Å². The van der Waals surface area contributed by atoms with Gasteiger partial charge >= 0.3 is 5.97 Å². The Morgan fingerprint density at radius 2 is 2.30 bits per heavy atom. The lowest BCUT2D eigenvalue weighted by Crippen LogP contribution is -2.36. The Morgan fingerprint density at radius 3 is 2.50 bits per heavy atom. The molecule has 0 unspecified atom stereocenters. The molecule has 0 spiro atoms. The summed E-state index contributed by atoms with van der Waals surface area (Å²) in [6.07, 6.45) is 1.06. The number of nitrogens with two attached hydrogens (primary N) is 1. The molecule has 0 heterocycles. The van der Waals surface area contributed by atoms with Crippen LogP contribution in [-0.2, 0) is 4.79 Å². The molecule has 4 N–H and O–H groups in total. The van der Waals surface area contributed by atoms with E-state index in [1.165, 1.54) is 0 Å². The molecule has 0 radical (unpaired) electrons. The lowest BCUT2D eigenvalue weighted by atomic mass is 10.0. The van der Waals surface area contributed by atoms with Crippen LogP contribution < -0.4 is 5.73 Å². The molecule has 1 aliphatic carbocycles. The summed E-state index contributed by atoms with van der Waals surface area (Å²) < 4.78 is 0. The monoisotopic (exact) mass is 145 g/mol. The fourth-order valence-corrected chi connectivity index (χ4v) is 1.26. The van der Waals surface area contributed by atoms with Gasteiger partial charge in [-0.2, -0.15) is 0 Å². The van der Waals surface area contributed by atoms with Crippen molar-refractivity contribution in [2.75, 3.05) is 0 Å². The predicted octanol–water partition coefficient (Wildman–Crippen LogP) is -0.687.